The van der Waals surface area contributed by atoms with Gasteiger partial charge in [-0.2, -0.15) is 0 Å². The molecule has 2 N–H and O–H groups in total. The Hall–Kier alpha value is -1.46. The summed E-state index contributed by atoms with van der Waals surface area (Å²) < 4.78 is 0. The van der Waals surface area contributed by atoms with Crippen LogP contribution in [0.5, 0.6) is 5.75 Å². The van der Waals surface area contributed by atoms with E-state index in [-0.39, 0.29) is 12.4 Å². The van der Waals surface area contributed by atoms with Crippen molar-refractivity contribution >= 4 is 6.21 Å². The second-order valence-corrected chi connectivity index (χ2v) is 5.64. The fourth-order valence-electron chi connectivity index (χ4n) is 2.71. The number of aromatic hydroxyl groups is 1. The zero-order chi connectivity index (χ0) is 15.2. The molecule has 0 spiro atoms. The van der Waals surface area contributed by atoms with Gasteiger partial charge in [0.15, 0.2) is 0 Å². The van der Waals surface area contributed by atoms with Gasteiger partial charge in [0, 0.05) is 36.6 Å². The summed E-state index contributed by atoms with van der Waals surface area (Å²) in [5.41, 5.74) is 1.78. The lowest BCUT2D eigenvalue weighted by molar-refractivity contribution is 0.214. The molecule has 2 heterocycles. The molecule has 21 heavy (non-hydrogen) atoms. The lowest BCUT2D eigenvalue weighted by atomic mass is 10.0. The first-order valence-electron chi connectivity index (χ1n) is 7.69. The van der Waals surface area contributed by atoms with Gasteiger partial charge in [0.1, 0.15) is 5.75 Å². The number of pyridine rings is 1. The van der Waals surface area contributed by atoms with Gasteiger partial charge in [-0.3, -0.25) is 9.98 Å². The first-order chi connectivity index (χ1) is 10.2. The van der Waals surface area contributed by atoms with Crippen molar-refractivity contribution < 1.29 is 10.2 Å². The number of aliphatic hydroxyl groups excluding tert-OH is 1. The predicted molar refractivity (Wildman–Crippen MR) is 83.9 cm³/mol. The number of aromatic nitrogens is 1. The van der Waals surface area contributed by atoms with Gasteiger partial charge in [-0.05, 0) is 32.7 Å². The topological polar surface area (TPSA) is 69.0 Å². The zero-order valence-electron chi connectivity index (χ0n) is 12.9. The zero-order valence-corrected chi connectivity index (χ0v) is 12.9. The molecule has 1 aliphatic heterocycles. The highest BCUT2D eigenvalue weighted by molar-refractivity contribution is 5.85. The van der Waals surface area contributed by atoms with Crippen molar-refractivity contribution in [1.29, 1.82) is 0 Å². The molecule has 0 unspecified atom stereocenters. The highest BCUT2D eigenvalue weighted by Crippen LogP contribution is 2.23. The molecule has 0 atom stereocenters. The number of aliphatic imine (C=N–C) groups is 1. The summed E-state index contributed by atoms with van der Waals surface area (Å²) in [6.07, 6.45) is 6.60. The van der Waals surface area contributed by atoms with Crippen LogP contribution < -0.4 is 0 Å². The number of hydrogen-bond acceptors (Lipinski definition) is 5. The maximum Gasteiger partial charge on any atom is 0.145 e. The largest absolute Gasteiger partial charge is 0.505 e. The number of aliphatic hydroxyl groups is 1. The van der Waals surface area contributed by atoms with Crippen molar-refractivity contribution in [3.63, 3.8) is 0 Å². The molecule has 2 rings (SSSR count). The number of rotatable bonds is 5. The molecule has 0 aromatic carbocycles. The van der Waals surface area contributed by atoms with Crippen LogP contribution in [0, 0.1) is 6.92 Å². The molecular weight excluding hydrogens is 266 g/mol. The molecule has 116 valence electrons. The van der Waals surface area contributed by atoms with Gasteiger partial charge in [0.25, 0.3) is 0 Å². The summed E-state index contributed by atoms with van der Waals surface area (Å²) in [6, 6.07) is 0.303. The smallest absolute Gasteiger partial charge is 0.145 e. The highest BCUT2D eigenvalue weighted by atomic mass is 16.3. The second-order valence-electron chi connectivity index (χ2n) is 5.64. The molecule has 0 aliphatic carbocycles. The molecule has 0 amide bonds. The molecule has 0 radical (unpaired) electrons. The molecule has 1 aromatic heterocycles. The molecule has 5 nitrogen and oxygen atoms in total. The van der Waals surface area contributed by atoms with E-state index in [0.717, 1.165) is 32.5 Å². The number of aryl methyl sites for hydroxylation is 1. The standard InChI is InChI=1S/C16H25N3O2/c1-3-6-19-7-4-14(5-8-19)18-10-15-13(11-20)9-17-12(2)16(15)21/h9-10,14,20-21H,3-8,11H2,1-2H3. The van der Waals surface area contributed by atoms with Crippen LogP contribution in [-0.4, -0.2) is 52.0 Å². The van der Waals surface area contributed by atoms with E-state index in [0.29, 0.717) is 22.9 Å². The van der Waals surface area contributed by atoms with Crippen LogP contribution in [0.3, 0.4) is 0 Å². The van der Waals surface area contributed by atoms with E-state index in [4.69, 9.17) is 0 Å². The Labute approximate surface area is 126 Å². The van der Waals surface area contributed by atoms with Crippen molar-refractivity contribution in [1.82, 2.24) is 9.88 Å². The van der Waals surface area contributed by atoms with Gasteiger partial charge in [0.05, 0.1) is 18.3 Å². The Morgan fingerprint density at radius 3 is 2.76 bits per heavy atom. The van der Waals surface area contributed by atoms with Crippen molar-refractivity contribution in [3.05, 3.63) is 23.0 Å². The molecule has 1 aromatic rings. The number of piperidine rings is 1. The summed E-state index contributed by atoms with van der Waals surface area (Å²) >= 11 is 0. The third-order valence-corrected chi connectivity index (χ3v) is 4.04. The van der Waals surface area contributed by atoms with E-state index >= 15 is 0 Å². The summed E-state index contributed by atoms with van der Waals surface area (Å²) in [7, 11) is 0. The van der Waals surface area contributed by atoms with Crippen LogP contribution in [-0.2, 0) is 6.61 Å². The van der Waals surface area contributed by atoms with Crippen LogP contribution in [0.4, 0.5) is 0 Å². The molecule has 5 heteroatoms. The molecule has 0 saturated carbocycles. The molecular formula is C16H25N3O2. The average Bonchev–Trinajstić information content (AvgIpc) is 2.50. The minimum absolute atomic E-state index is 0.119. The van der Waals surface area contributed by atoms with E-state index in [1.807, 2.05) is 0 Å². The van der Waals surface area contributed by atoms with Crippen LogP contribution in [0.2, 0.25) is 0 Å². The Bertz CT molecular complexity index is 495. The van der Waals surface area contributed by atoms with Gasteiger partial charge in [-0.15, -0.1) is 0 Å². The van der Waals surface area contributed by atoms with Crippen LogP contribution in [0.15, 0.2) is 11.2 Å². The maximum atomic E-state index is 10.1. The fraction of sp³-hybridized carbons (Fsp3) is 0.625. The Kier molecular flexibility index (Phi) is 5.70. The van der Waals surface area contributed by atoms with Crippen LogP contribution >= 0.6 is 0 Å². The van der Waals surface area contributed by atoms with Gasteiger partial charge in [0.2, 0.25) is 0 Å². The van der Waals surface area contributed by atoms with E-state index in [9.17, 15) is 10.2 Å². The van der Waals surface area contributed by atoms with Crippen molar-refractivity contribution in [2.24, 2.45) is 4.99 Å². The molecule has 1 fully saturated rings. The average molecular weight is 291 g/mol. The first-order valence-corrected chi connectivity index (χ1v) is 7.69. The number of nitrogens with zero attached hydrogens (tertiary/aromatic N) is 3. The van der Waals surface area contributed by atoms with Crippen LogP contribution in [0.25, 0.3) is 0 Å². The Morgan fingerprint density at radius 2 is 2.14 bits per heavy atom. The third-order valence-electron chi connectivity index (χ3n) is 4.04. The Balaban J connectivity index is 2.04. The fourth-order valence-corrected chi connectivity index (χ4v) is 2.71. The van der Waals surface area contributed by atoms with Crippen LogP contribution in [0.1, 0.15) is 43.0 Å². The summed E-state index contributed by atoms with van der Waals surface area (Å²) in [4.78, 5) is 11.1. The van der Waals surface area contributed by atoms with Gasteiger partial charge < -0.3 is 15.1 Å². The highest BCUT2D eigenvalue weighted by Gasteiger charge is 2.17. The number of hydrogen-bond donors (Lipinski definition) is 2. The number of likely N-dealkylation sites (tertiary alicyclic amines) is 1. The predicted octanol–water partition coefficient (Wildman–Crippen LogP) is 1.88. The summed E-state index contributed by atoms with van der Waals surface area (Å²) in [6.45, 7) is 7.15. The maximum absolute atomic E-state index is 10.1. The molecule has 0 bridgehead atoms. The van der Waals surface area contributed by atoms with Gasteiger partial charge >= 0.3 is 0 Å². The first kappa shape index (κ1) is 15.9. The van der Waals surface area contributed by atoms with E-state index in [2.05, 4.69) is 21.8 Å². The monoisotopic (exact) mass is 291 g/mol. The van der Waals surface area contributed by atoms with Crippen molar-refractivity contribution in [3.8, 4) is 5.75 Å². The van der Waals surface area contributed by atoms with Crippen molar-refractivity contribution in [2.75, 3.05) is 19.6 Å². The summed E-state index contributed by atoms with van der Waals surface area (Å²) in [5.74, 6) is 0.119. The Morgan fingerprint density at radius 1 is 1.43 bits per heavy atom. The van der Waals surface area contributed by atoms with Gasteiger partial charge in [-0.1, -0.05) is 6.92 Å². The normalized spacial score (nSPS) is 17.7. The van der Waals surface area contributed by atoms with E-state index < -0.39 is 0 Å². The minimum atomic E-state index is -0.142. The van der Waals surface area contributed by atoms with E-state index in [1.165, 1.54) is 6.42 Å². The quantitative estimate of drug-likeness (QED) is 0.813. The van der Waals surface area contributed by atoms with E-state index in [1.54, 1.807) is 19.3 Å². The van der Waals surface area contributed by atoms with Crippen molar-refractivity contribution in [2.45, 2.75) is 45.8 Å². The lowest BCUT2D eigenvalue weighted by Gasteiger charge is -2.29. The minimum Gasteiger partial charge on any atom is -0.505 e. The third kappa shape index (κ3) is 4.02. The SMILES string of the molecule is CCCN1CCC(N=Cc2c(CO)cnc(C)c2O)CC1. The molecule has 1 saturated heterocycles. The lowest BCUT2D eigenvalue weighted by Crippen LogP contribution is -2.35. The second kappa shape index (κ2) is 7.52. The van der Waals surface area contributed by atoms with Gasteiger partial charge in [-0.25, -0.2) is 0 Å². The summed E-state index contributed by atoms with van der Waals surface area (Å²) in [5, 5.41) is 19.4. The molecule has 1 aliphatic rings.